The minimum Gasteiger partial charge on any atom is -0.316 e. The zero-order valence-corrected chi connectivity index (χ0v) is 11.9. The lowest BCUT2D eigenvalue weighted by atomic mass is 10.0. The van der Waals surface area contributed by atoms with Gasteiger partial charge in [-0.2, -0.15) is 13.2 Å². The standard InChI is InChI=1S/C15H16F3N3O/c16-15(17,18)11-4-6-21-13(7-11)20-12(8-14(21)22)2-1-10-3-5-19-9-10/h4,6-8,10,19H,1-3,5,9H2. The van der Waals surface area contributed by atoms with E-state index in [4.69, 9.17) is 0 Å². The Morgan fingerprint density at radius 1 is 1.36 bits per heavy atom. The maximum absolute atomic E-state index is 12.7. The third-order valence-corrected chi connectivity index (χ3v) is 4.02. The molecule has 1 aliphatic rings. The fourth-order valence-corrected chi connectivity index (χ4v) is 2.77. The van der Waals surface area contributed by atoms with E-state index in [9.17, 15) is 18.0 Å². The second-order valence-corrected chi connectivity index (χ2v) is 5.62. The molecule has 1 atom stereocenters. The van der Waals surface area contributed by atoms with E-state index in [-0.39, 0.29) is 11.2 Å². The molecular weight excluding hydrogens is 295 g/mol. The largest absolute Gasteiger partial charge is 0.416 e. The quantitative estimate of drug-likeness (QED) is 0.946. The van der Waals surface area contributed by atoms with Crippen molar-refractivity contribution in [2.45, 2.75) is 25.4 Å². The van der Waals surface area contributed by atoms with Crippen LogP contribution in [-0.2, 0) is 12.6 Å². The average Bonchev–Trinajstić information content (AvgIpc) is 2.97. The van der Waals surface area contributed by atoms with Gasteiger partial charge in [-0.15, -0.1) is 0 Å². The summed E-state index contributed by atoms with van der Waals surface area (Å²) in [5, 5.41) is 3.26. The Morgan fingerprint density at radius 2 is 2.18 bits per heavy atom. The van der Waals surface area contributed by atoms with Crippen LogP contribution < -0.4 is 10.9 Å². The van der Waals surface area contributed by atoms with Crippen LogP contribution in [0.25, 0.3) is 5.65 Å². The number of alkyl halides is 3. The third-order valence-electron chi connectivity index (χ3n) is 4.02. The highest BCUT2D eigenvalue weighted by Crippen LogP contribution is 2.29. The second kappa shape index (κ2) is 5.72. The normalized spacial score (nSPS) is 19.0. The van der Waals surface area contributed by atoms with Gasteiger partial charge in [-0.05, 0) is 50.4 Å². The molecule has 1 saturated heterocycles. The first-order valence-electron chi connectivity index (χ1n) is 7.24. The molecule has 1 aliphatic heterocycles. The van der Waals surface area contributed by atoms with Gasteiger partial charge in [0.2, 0.25) is 0 Å². The predicted octanol–water partition coefficient (Wildman–Crippen LogP) is 2.26. The number of aromatic nitrogens is 2. The van der Waals surface area contributed by atoms with Crippen LogP contribution >= 0.6 is 0 Å². The maximum atomic E-state index is 12.7. The molecule has 0 saturated carbocycles. The molecule has 2 aromatic heterocycles. The number of hydrogen-bond acceptors (Lipinski definition) is 3. The predicted molar refractivity (Wildman–Crippen MR) is 75.8 cm³/mol. The van der Waals surface area contributed by atoms with Crippen LogP contribution in [0.15, 0.2) is 29.2 Å². The van der Waals surface area contributed by atoms with E-state index < -0.39 is 11.7 Å². The number of hydrogen-bond donors (Lipinski definition) is 1. The summed E-state index contributed by atoms with van der Waals surface area (Å²) in [6.45, 7) is 1.94. The van der Waals surface area contributed by atoms with Crippen LogP contribution in [0.3, 0.4) is 0 Å². The van der Waals surface area contributed by atoms with E-state index in [2.05, 4.69) is 10.3 Å². The van der Waals surface area contributed by atoms with E-state index in [1.165, 1.54) is 6.07 Å². The van der Waals surface area contributed by atoms with Crippen molar-refractivity contribution in [2.75, 3.05) is 13.1 Å². The monoisotopic (exact) mass is 311 g/mol. The molecule has 118 valence electrons. The van der Waals surface area contributed by atoms with Gasteiger partial charge in [0.25, 0.3) is 5.56 Å². The molecule has 0 amide bonds. The highest BCUT2D eigenvalue weighted by Gasteiger charge is 2.30. The average molecular weight is 311 g/mol. The van der Waals surface area contributed by atoms with E-state index in [1.54, 1.807) is 0 Å². The van der Waals surface area contributed by atoms with Gasteiger partial charge in [0, 0.05) is 18.0 Å². The number of pyridine rings is 1. The number of rotatable bonds is 3. The Bertz CT molecular complexity index is 733. The van der Waals surface area contributed by atoms with Crippen molar-refractivity contribution >= 4 is 5.65 Å². The molecule has 0 radical (unpaired) electrons. The third kappa shape index (κ3) is 3.14. The van der Waals surface area contributed by atoms with Crippen molar-refractivity contribution in [3.8, 4) is 0 Å². The first-order chi connectivity index (χ1) is 10.4. The van der Waals surface area contributed by atoms with E-state index in [0.29, 0.717) is 18.0 Å². The molecule has 3 rings (SSSR count). The van der Waals surface area contributed by atoms with Gasteiger partial charge in [0.05, 0.1) is 5.56 Å². The smallest absolute Gasteiger partial charge is 0.316 e. The molecule has 2 aromatic rings. The van der Waals surface area contributed by atoms with Gasteiger partial charge in [-0.1, -0.05) is 0 Å². The Morgan fingerprint density at radius 3 is 2.86 bits per heavy atom. The first-order valence-corrected chi connectivity index (χ1v) is 7.24. The molecule has 0 aliphatic carbocycles. The number of nitrogens with one attached hydrogen (secondary N) is 1. The highest BCUT2D eigenvalue weighted by molar-refractivity contribution is 5.42. The summed E-state index contributed by atoms with van der Waals surface area (Å²) >= 11 is 0. The Kier molecular flexibility index (Phi) is 3.90. The van der Waals surface area contributed by atoms with Crippen molar-refractivity contribution in [3.63, 3.8) is 0 Å². The molecule has 0 aromatic carbocycles. The van der Waals surface area contributed by atoms with Gasteiger partial charge < -0.3 is 5.32 Å². The highest BCUT2D eigenvalue weighted by atomic mass is 19.4. The van der Waals surface area contributed by atoms with Crippen molar-refractivity contribution in [2.24, 2.45) is 5.92 Å². The SMILES string of the molecule is O=c1cc(CCC2CCNC2)nc2cc(C(F)(F)F)ccn12. The lowest BCUT2D eigenvalue weighted by molar-refractivity contribution is -0.137. The van der Waals surface area contributed by atoms with Crippen LogP contribution in [0.1, 0.15) is 24.1 Å². The zero-order valence-electron chi connectivity index (χ0n) is 11.9. The molecule has 1 N–H and O–H groups in total. The summed E-state index contributed by atoms with van der Waals surface area (Å²) in [6, 6.07) is 3.21. The van der Waals surface area contributed by atoms with Gasteiger partial charge in [0.15, 0.2) is 0 Å². The summed E-state index contributed by atoms with van der Waals surface area (Å²) in [7, 11) is 0. The number of fused-ring (bicyclic) bond motifs is 1. The summed E-state index contributed by atoms with van der Waals surface area (Å²) in [5.74, 6) is 0.543. The molecule has 0 spiro atoms. The Labute approximate surface area is 125 Å². The van der Waals surface area contributed by atoms with Gasteiger partial charge >= 0.3 is 6.18 Å². The van der Waals surface area contributed by atoms with Gasteiger partial charge in [-0.25, -0.2) is 4.98 Å². The van der Waals surface area contributed by atoms with Gasteiger partial charge in [-0.3, -0.25) is 9.20 Å². The molecule has 3 heterocycles. The number of halogens is 3. The molecule has 4 nitrogen and oxygen atoms in total. The Hall–Kier alpha value is -1.89. The minimum absolute atomic E-state index is 0.0434. The van der Waals surface area contributed by atoms with Crippen LogP contribution in [0.5, 0.6) is 0 Å². The summed E-state index contributed by atoms with van der Waals surface area (Å²) in [6.07, 6.45) is -0.739. The van der Waals surface area contributed by atoms with Gasteiger partial charge in [0.1, 0.15) is 5.65 Å². The van der Waals surface area contributed by atoms with Crippen molar-refractivity contribution in [1.29, 1.82) is 0 Å². The zero-order chi connectivity index (χ0) is 15.7. The van der Waals surface area contributed by atoms with E-state index in [1.807, 2.05) is 0 Å². The molecule has 0 bridgehead atoms. The first kappa shape index (κ1) is 15.0. The minimum atomic E-state index is -4.44. The maximum Gasteiger partial charge on any atom is 0.416 e. The number of aryl methyl sites for hydroxylation is 1. The van der Waals surface area contributed by atoms with Crippen molar-refractivity contribution < 1.29 is 13.2 Å². The summed E-state index contributed by atoms with van der Waals surface area (Å²) in [5.41, 5.74) is -0.548. The second-order valence-electron chi connectivity index (χ2n) is 5.62. The van der Waals surface area contributed by atoms with Crippen molar-refractivity contribution in [3.05, 3.63) is 46.0 Å². The molecular formula is C15H16F3N3O. The molecule has 1 fully saturated rings. The fraction of sp³-hybridized carbons (Fsp3) is 0.467. The van der Waals surface area contributed by atoms with E-state index >= 15 is 0 Å². The Balaban J connectivity index is 1.89. The molecule has 22 heavy (non-hydrogen) atoms. The summed E-state index contributed by atoms with van der Waals surface area (Å²) in [4.78, 5) is 16.2. The van der Waals surface area contributed by atoms with E-state index in [0.717, 1.165) is 48.7 Å². The van der Waals surface area contributed by atoms with Crippen LogP contribution in [-0.4, -0.2) is 22.5 Å². The number of nitrogens with zero attached hydrogens (tertiary/aromatic N) is 2. The molecule has 7 heteroatoms. The van der Waals surface area contributed by atoms with Crippen LogP contribution in [0.4, 0.5) is 13.2 Å². The lowest BCUT2D eigenvalue weighted by Crippen LogP contribution is -2.17. The summed E-state index contributed by atoms with van der Waals surface area (Å²) < 4.78 is 39.4. The lowest BCUT2D eigenvalue weighted by Gasteiger charge is -2.10. The molecule has 1 unspecified atom stereocenters. The fourth-order valence-electron chi connectivity index (χ4n) is 2.77. The topological polar surface area (TPSA) is 46.4 Å². The van der Waals surface area contributed by atoms with Crippen LogP contribution in [0.2, 0.25) is 0 Å². The van der Waals surface area contributed by atoms with Crippen molar-refractivity contribution in [1.82, 2.24) is 14.7 Å². The van der Waals surface area contributed by atoms with Crippen LogP contribution in [0, 0.1) is 5.92 Å².